The number of aromatic hydroxyl groups is 1. The Morgan fingerprint density at radius 2 is 2.06 bits per heavy atom. The minimum Gasteiger partial charge on any atom is -0.507 e. The molecular weight excluding hydrogens is 296 g/mol. The van der Waals surface area contributed by atoms with Gasteiger partial charge in [0.1, 0.15) is 5.75 Å². The van der Waals surface area contributed by atoms with Crippen molar-refractivity contribution in [2.75, 3.05) is 0 Å². The highest BCUT2D eigenvalue weighted by Crippen LogP contribution is 2.26. The molecule has 0 spiro atoms. The second-order valence-electron chi connectivity index (χ2n) is 5.18. The number of benzene rings is 1. The zero-order chi connectivity index (χ0) is 13.9. The van der Waals surface area contributed by atoms with Gasteiger partial charge in [0.2, 0.25) is 0 Å². The molecule has 18 heavy (non-hydrogen) atoms. The number of rotatable bonds is 5. The number of phenolic OH excluding ortho intramolecular Hbond substituents is 1. The molecule has 0 saturated heterocycles. The van der Waals surface area contributed by atoms with Gasteiger partial charge in [-0.25, -0.2) is 0 Å². The summed E-state index contributed by atoms with van der Waals surface area (Å²) < 4.78 is 0.763. The van der Waals surface area contributed by atoms with Crippen LogP contribution in [0.25, 0.3) is 0 Å². The fourth-order valence-corrected chi connectivity index (χ4v) is 1.93. The summed E-state index contributed by atoms with van der Waals surface area (Å²) in [6.45, 7) is 5.38. The van der Waals surface area contributed by atoms with Gasteiger partial charge in [0, 0.05) is 10.9 Å². The largest absolute Gasteiger partial charge is 0.507 e. The monoisotopic (exact) mass is 314 g/mol. The summed E-state index contributed by atoms with van der Waals surface area (Å²) in [4.78, 5) is 12.0. The highest BCUT2D eigenvalue weighted by molar-refractivity contribution is 9.10. The Labute approximate surface area is 116 Å². The van der Waals surface area contributed by atoms with Gasteiger partial charge in [0.25, 0.3) is 0 Å². The summed E-state index contributed by atoms with van der Waals surface area (Å²) in [7, 11) is 0. The van der Waals surface area contributed by atoms with Crippen molar-refractivity contribution in [1.29, 1.82) is 0 Å². The second-order valence-corrected chi connectivity index (χ2v) is 6.09. The van der Waals surface area contributed by atoms with Crippen LogP contribution < -0.4 is 0 Å². The molecule has 0 bridgehead atoms. The van der Waals surface area contributed by atoms with Crippen LogP contribution in [-0.2, 0) is 0 Å². The van der Waals surface area contributed by atoms with Crippen LogP contribution in [0, 0.1) is 5.92 Å². The Balaban J connectivity index is 2.69. The van der Waals surface area contributed by atoms with E-state index in [0.717, 1.165) is 4.47 Å². The van der Waals surface area contributed by atoms with E-state index >= 15 is 0 Å². The standard InChI is InChI=1S/C14H19BrO3/c1-9(14(2,3)18)4-6-12(16)11-8-10(15)5-7-13(11)17/h5,7-9,17-18H,4,6H2,1-3H3/t9-/m0/s1. The molecule has 0 fully saturated rings. The fourth-order valence-electron chi connectivity index (χ4n) is 1.57. The van der Waals surface area contributed by atoms with Crippen LogP contribution in [0.3, 0.4) is 0 Å². The zero-order valence-electron chi connectivity index (χ0n) is 10.9. The third-order valence-electron chi connectivity index (χ3n) is 3.27. The van der Waals surface area contributed by atoms with Crippen molar-refractivity contribution in [3.63, 3.8) is 0 Å². The average molecular weight is 315 g/mol. The quantitative estimate of drug-likeness (QED) is 0.817. The number of hydrogen-bond donors (Lipinski definition) is 2. The Bertz CT molecular complexity index is 435. The maximum absolute atomic E-state index is 12.0. The maximum Gasteiger partial charge on any atom is 0.166 e. The van der Waals surface area contributed by atoms with Gasteiger partial charge in [-0.3, -0.25) is 4.79 Å². The van der Waals surface area contributed by atoms with E-state index < -0.39 is 5.60 Å². The Kier molecular flexibility index (Phi) is 4.93. The van der Waals surface area contributed by atoms with E-state index in [1.165, 1.54) is 6.07 Å². The summed E-state index contributed by atoms with van der Waals surface area (Å²) in [5.74, 6) is -0.0836. The molecule has 3 nitrogen and oxygen atoms in total. The van der Waals surface area contributed by atoms with Crippen LogP contribution in [-0.4, -0.2) is 21.6 Å². The molecule has 0 heterocycles. The Morgan fingerprint density at radius 1 is 1.44 bits per heavy atom. The molecule has 0 aliphatic rings. The van der Waals surface area contributed by atoms with Crippen molar-refractivity contribution in [2.24, 2.45) is 5.92 Å². The summed E-state index contributed by atoms with van der Waals surface area (Å²) >= 11 is 3.27. The molecule has 1 atom stereocenters. The van der Waals surface area contributed by atoms with Crippen molar-refractivity contribution in [3.8, 4) is 5.75 Å². The first-order valence-electron chi connectivity index (χ1n) is 5.96. The van der Waals surface area contributed by atoms with Crippen LogP contribution in [0.2, 0.25) is 0 Å². The number of ketones is 1. The SMILES string of the molecule is C[C@@H](CCC(=O)c1cc(Br)ccc1O)C(C)(C)O. The van der Waals surface area contributed by atoms with E-state index in [1.54, 1.807) is 26.0 Å². The lowest BCUT2D eigenvalue weighted by Crippen LogP contribution is -2.28. The minimum absolute atomic E-state index is 0.000822. The zero-order valence-corrected chi connectivity index (χ0v) is 12.5. The van der Waals surface area contributed by atoms with Crippen LogP contribution >= 0.6 is 15.9 Å². The summed E-state index contributed by atoms with van der Waals surface area (Å²) in [5.41, 5.74) is -0.466. The third kappa shape index (κ3) is 4.10. The molecule has 2 N–H and O–H groups in total. The number of carbonyl (C=O) groups is 1. The molecule has 1 aromatic carbocycles. The van der Waals surface area contributed by atoms with Crippen molar-refractivity contribution in [2.45, 2.75) is 39.2 Å². The van der Waals surface area contributed by atoms with Gasteiger partial charge < -0.3 is 10.2 Å². The Hall–Kier alpha value is -0.870. The van der Waals surface area contributed by atoms with E-state index in [2.05, 4.69) is 15.9 Å². The molecule has 0 radical (unpaired) electrons. The molecule has 0 unspecified atom stereocenters. The summed E-state index contributed by atoms with van der Waals surface area (Å²) in [6, 6.07) is 4.80. The summed E-state index contributed by atoms with van der Waals surface area (Å²) in [5, 5.41) is 19.4. The molecule has 4 heteroatoms. The van der Waals surface area contributed by atoms with Gasteiger partial charge in [-0.2, -0.15) is 0 Å². The molecule has 100 valence electrons. The van der Waals surface area contributed by atoms with E-state index in [1.807, 2.05) is 6.92 Å². The second kappa shape index (κ2) is 5.85. The van der Waals surface area contributed by atoms with Gasteiger partial charge in [-0.05, 0) is 44.4 Å². The van der Waals surface area contributed by atoms with Gasteiger partial charge in [-0.1, -0.05) is 22.9 Å². The predicted molar refractivity (Wildman–Crippen MR) is 74.8 cm³/mol. The molecule has 0 amide bonds. The number of carbonyl (C=O) groups excluding carboxylic acids is 1. The fraction of sp³-hybridized carbons (Fsp3) is 0.500. The highest BCUT2D eigenvalue weighted by Gasteiger charge is 2.23. The lowest BCUT2D eigenvalue weighted by molar-refractivity contribution is 0.0208. The molecule has 0 aliphatic heterocycles. The highest BCUT2D eigenvalue weighted by atomic mass is 79.9. The van der Waals surface area contributed by atoms with E-state index in [4.69, 9.17) is 0 Å². The number of Topliss-reactive ketones (excluding diaryl/α,β-unsaturated/α-hetero) is 1. The molecule has 1 aromatic rings. The van der Waals surface area contributed by atoms with E-state index in [9.17, 15) is 15.0 Å². The lowest BCUT2D eigenvalue weighted by Gasteiger charge is -2.25. The van der Waals surface area contributed by atoms with Crippen LogP contribution in [0.5, 0.6) is 5.75 Å². The topological polar surface area (TPSA) is 57.5 Å². The van der Waals surface area contributed by atoms with Gasteiger partial charge in [0.15, 0.2) is 5.78 Å². The normalized spacial score (nSPS) is 13.4. The van der Waals surface area contributed by atoms with E-state index in [0.29, 0.717) is 18.4 Å². The predicted octanol–water partition coefficient (Wildman–Crippen LogP) is 3.52. The lowest BCUT2D eigenvalue weighted by atomic mass is 9.87. The molecule has 0 saturated carbocycles. The molecule has 0 aliphatic carbocycles. The minimum atomic E-state index is -0.792. The average Bonchev–Trinajstić information content (AvgIpc) is 2.27. The maximum atomic E-state index is 12.0. The molecule has 1 rings (SSSR count). The van der Waals surface area contributed by atoms with Gasteiger partial charge in [0.05, 0.1) is 11.2 Å². The van der Waals surface area contributed by atoms with Gasteiger partial charge >= 0.3 is 0 Å². The van der Waals surface area contributed by atoms with E-state index in [-0.39, 0.29) is 17.5 Å². The first-order valence-corrected chi connectivity index (χ1v) is 6.75. The van der Waals surface area contributed by atoms with Crippen molar-refractivity contribution >= 4 is 21.7 Å². The first-order chi connectivity index (χ1) is 8.21. The van der Waals surface area contributed by atoms with Crippen LogP contribution in [0.1, 0.15) is 44.0 Å². The molecule has 0 aromatic heterocycles. The number of aliphatic hydroxyl groups is 1. The Morgan fingerprint density at radius 3 is 2.61 bits per heavy atom. The number of hydrogen-bond acceptors (Lipinski definition) is 3. The van der Waals surface area contributed by atoms with Crippen LogP contribution in [0.4, 0.5) is 0 Å². The van der Waals surface area contributed by atoms with Crippen molar-refractivity contribution in [3.05, 3.63) is 28.2 Å². The number of phenols is 1. The smallest absolute Gasteiger partial charge is 0.166 e. The molecular formula is C14H19BrO3. The van der Waals surface area contributed by atoms with Crippen molar-refractivity contribution < 1.29 is 15.0 Å². The van der Waals surface area contributed by atoms with Crippen molar-refractivity contribution in [1.82, 2.24) is 0 Å². The number of halogens is 1. The first kappa shape index (κ1) is 15.2. The van der Waals surface area contributed by atoms with Gasteiger partial charge in [-0.15, -0.1) is 0 Å². The van der Waals surface area contributed by atoms with Crippen LogP contribution in [0.15, 0.2) is 22.7 Å². The summed E-state index contributed by atoms with van der Waals surface area (Å²) in [6.07, 6.45) is 0.906. The third-order valence-corrected chi connectivity index (χ3v) is 3.76.